The highest BCUT2D eigenvalue weighted by atomic mass is 16.7. The summed E-state index contributed by atoms with van der Waals surface area (Å²) in [6.07, 6.45) is 2.02. The summed E-state index contributed by atoms with van der Waals surface area (Å²) in [5.41, 5.74) is 4.60. The van der Waals surface area contributed by atoms with Gasteiger partial charge in [-0.25, -0.2) is 0 Å². The highest BCUT2D eigenvalue weighted by molar-refractivity contribution is 5.42. The Morgan fingerprint density at radius 1 is 1.00 bits per heavy atom. The van der Waals surface area contributed by atoms with Crippen LogP contribution in [-0.4, -0.2) is 75.5 Å². The number of aromatic nitrogens is 1. The van der Waals surface area contributed by atoms with Crippen LogP contribution in [0.15, 0.2) is 30.5 Å². The lowest BCUT2D eigenvalue weighted by molar-refractivity contribution is -0.277. The van der Waals surface area contributed by atoms with E-state index in [0.29, 0.717) is 31.3 Å². The summed E-state index contributed by atoms with van der Waals surface area (Å²) in [5, 5.41) is 40.4. The number of hydrogen-bond acceptors (Lipinski definition) is 7. The van der Waals surface area contributed by atoms with Gasteiger partial charge in [0.2, 0.25) is 6.29 Å². The Balaban J connectivity index is 1.41. The van der Waals surface area contributed by atoms with Crippen LogP contribution in [0.5, 0.6) is 5.75 Å². The van der Waals surface area contributed by atoms with Crippen molar-refractivity contribution in [2.75, 3.05) is 19.8 Å². The maximum atomic E-state index is 10.5. The van der Waals surface area contributed by atoms with Gasteiger partial charge < -0.3 is 39.2 Å². The molecule has 1 aliphatic carbocycles. The van der Waals surface area contributed by atoms with Crippen molar-refractivity contribution in [3.8, 4) is 5.75 Å². The van der Waals surface area contributed by atoms with Crippen LogP contribution in [0, 0.1) is 6.92 Å². The topological polar surface area (TPSA) is 114 Å². The molecule has 2 aliphatic heterocycles. The molecule has 1 unspecified atom stereocenters. The van der Waals surface area contributed by atoms with Crippen LogP contribution in [0.1, 0.15) is 66.4 Å². The van der Waals surface area contributed by atoms with Gasteiger partial charge in [0, 0.05) is 30.5 Å². The first kappa shape index (κ1) is 24.7. The van der Waals surface area contributed by atoms with E-state index < -0.39 is 37.3 Å². The maximum Gasteiger partial charge on any atom is 0.229 e. The lowest BCUT2D eigenvalue weighted by Gasteiger charge is -2.39. The molecule has 8 nitrogen and oxygen atoms in total. The molecule has 3 aliphatic rings. The first-order valence-electron chi connectivity index (χ1n) is 12.8. The van der Waals surface area contributed by atoms with E-state index in [1.807, 2.05) is 6.20 Å². The molecule has 8 heteroatoms. The van der Waals surface area contributed by atoms with Crippen molar-refractivity contribution < 1.29 is 34.6 Å². The standard InChI is InChI=1S/C27H37NO7/c1-16-21(12-17-6-8-19(9-7-17)18-4-2-3-5-18)22(13-28(16)20-10-11-33-15-20)34-27-26(32)25(31)24(30)23(14-29)35-27/h6-9,13,18,20,23-27,29-32H,2-5,10-12,14-15H2,1H3/t20?,23-,24-,25+,26-,27-/m1/s1. The summed E-state index contributed by atoms with van der Waals surface area (Å²) < 4.78 is 19.5. The lowest BCUT2D eigenvalue weighted by Crippen LogP contribution is -2.60. The average molecular weight is 488 g/mol. The van der Waals surface area contributed by atoms with Gasteiger partial charge in [-0.1, -0.05) is 37.1 Å². The van der Waals surface area contributed by atoms with Crippen molar-refractivity contribution in [3.63, 3.8) is 0 Å². The number of rotatable bonds is 7. The summed E-state index contributed by atoms with van der Waals surface area (Å²) in [4.78, 5) is 0. The van der Waals surface area contributed by atoms with E-state index in [2.05, 4.69) is 35.8 Å². The molecule has 3 fully saturated rings. The zero-order chi connectivity index (χ0) is 24.5. The van der Waals surface area contributed by atoms with Crippen molar-refractivity contribution in [3.05, 3.63) is 52.8 Å². The number of aliphatic hydroxyl groups is 4. The van der Waals surface area contributed by atoms with Gasteiger partial charge >= 0.3 is 0 Å². The van der Waals surface area contributed by atoms with Crippen LogP contribution in [0.3, 0.4) is 0 Å². The van der Waals surface area contributed by atoms with Gasteiger partial charge in [0.25, 0.3) is 0 Å². The highest BCUT2D eigenvalue weighted by Crippen LogP contribution is 2.36. The molecule has 1 aromatic carbocycles. The number of benzene rings is 1. The summed E-state index contributed by atoms with van der Waals surface area (Å²) >= 11 is 0. The predicted molar refractivity (Wildman–Crippen MR) is 128 cm³/mol. The van der Waals surface area contributed by atoms with Crippen LogP contribution < -0.4 is 4.74 Å². The van der Waals surface area contributed by atoms with Gasteiger partial charge in [-0.2, -0.15) is 0 Å². The minimum atomic E-state index is -1.48. The summed E-state index contributed by atoms with van der Waals surface area (Å²) in [6, 6.07) is 9.04. The van der Waals surface area contributed by atoms with Gasteiger partial charge in [0.1, 0.15) is 30.2 Å². The van der Waals surface area contributed by atoms with E-state index >= 15 is 0 Å². The molecule has 3 heterocycles. The van der Waals surface area contributed by atoms with Crippen molar-refractivity contribution >= 4 is 0 Å². The van der Waals surface area contributed by atoms with Crippen LogP contribution in [0.2, 0.25) is 0 Å². The fourth-order valence-electron chi connectivity index (χ4n) is 5.73. The Hall–Kier alpha value is -1.94. The molecule has 2 aromatic rings. The minimum Gasteiger partial charge on any atom is -0.460 e. The van der Waals surface area contributed by atoms with Gasteiger partial charge in [-0.3, -0.25) is 0 Å². The first-order valence-corrected chi connectivity index (χ1v) is 12.8. The monoisotopic (exact) mass is 487 g/mol. The maximum absolute atomic E-state index is 10.5. The molecule has 192 valence electrons. The number of hydrogen-bond donors (Lipinski definition) is 4. The molecule has 0 amide bonds. The molecule has 4 N–H and O–H groups in total. The molecule has 1 aromatic heterocycles. The molecule has 1 saturated carbocycles. The first-order chi connectivity index (χ1) is 17.0. The molecule has 35 heavy (non-hydrogen) atoms. The second-order valence-corrected chi connectivity index (χ2v) is 10.2. The van der Waals surface area contributed by atoms with E-state index in [1.165, 1.54) is 31.2 Å². The van der Waals surface area contributed by atoms with Crippen LogP contribution >= 0.6 is 0 Å². The van der Waals surface area contributed by atoms with Crippen LogP contribution in [-0.2, 0) is 15.9 Å². The SMILES string of the molecule is Cc1c(Cc2ccc(C3CCCC3)cc2)c(O[C@@H]2O[C@H](CO)[C@@H](O)[C@H](O)[C@H]2O)cn1C1CCOC1. The number of aliphatic hydroxyl groups excluding tert-OH is 4. The van der Waals surface area contributed by atoms with Gasteiger partial charge in [-0.05, 0) is 43.2 Å². The van der Waals surface area contributed by atoms with Gasteiger partial charge in [0.05, 0.1) is 19.3 Å². The fraction of sp³-hybridized carbons (Fsp3) is 0.630. The summed E-state index contributed by atoms with van der Waals surface area (Å²) in [6.45, 7) is 2.90. The molecule has 0 bridgehead atoms. The Labute approximate surface area is 206 Å². The van der Waals surface area contributed by atoms with E-state index in [9.17, 15) is 20.4 Å². The third-order valence-corrected chi connectivity index (χ3v) is 7.96. The van der Waals surface area contributed by atoms with E-state index in [1.54, 1.807) is 0 Å². The molecule has 0 spiro atoms. The fourth-order valence-corrected chi connectivity index (χ4v) is 5.73. The Morgan fingerprint density at radius 3 is 2.40 bits per heavy atom. The van der Waals surface area contributed by atoms with Crippen LogP contribution in [0.25, 0.3) is 0 Å². The van der Waals surface area contributed by atoms with Crippen molar-refractivity contribution in [2.45, 2.75) is 88.1 Å². The van der Waals surface area contributed by atoms with E-state index in [0.717, 1.165) is 23.2 Å². The molecule has 2 saturated heterocycles. The second-order valence-electron chi connectivity index (χ2n) is 10.2. The van der Waals surface area contributed by atoms with Crippen molar-refractivity contribution in [1.29, 1.82) is 0 Å². The van der Waals surface area contributed by atoms with Crippen molar-refractivity contribution in [2.24, 2.45) is 0 Å². The smallest absolute Gasteiger partial charge is 0.229 e. The van der Waals surface area contributed by atoms with E-state index in [-0.39, 0.29) is 6.04 Å². The van der Waals surface area contributed by atoms with Crippen LogP contribution in [0.4, 0.5) is 0 Å². The third kappa shape index (κ3) is 5.01. The molecular formula is C27H37NO7. The third-order valence-electron chi connectivity index (χ3n) is 7.96. The normalized spacial score (nSPS) is 31.8. The predicted octanol–water partition coefficient (Wildman–Crippen LogP) is 2.19. The van der Waals surface area contributed by atoms with E-state index in [4.69, 9.17) is 14.2 Å². The Bertz CT molecular complexity index is 976. The average Bonchev–Trinajstić information content (AvgIpc) is 3.64. The zero-order valence-corrected chi connectivity index (χ0v) is 20.3. The molecule has 6 atom stereocenters. The Morgan fingerprint density at radius 2 is 1.74 bits per heavy atom. The molecule has 0 radical (unpaired) electrons. The van der Waals surface area contributed by atoms with Gasteiger partial charge in [-0.15, -0.1) is 0 Å². The highest BCUT2D eigenvalue weighted by Gasteiger charge is 2.45. The van der Waals surface area contributed by atoms with Gasteiger partial charge in [0.15, 0.2) is 0 Å². The number of nitrogens with zero attached hydrogens (tertiary/aromatic N) is 1. The molecule has 5 rings (SSSR count). The minimum absolute atomic E-state index is 0.200. The lowest BCUT2D eigenvalue weighted by atomic mass is 9.95. The summed E-state index contributed by atoms with van der Waals surface area (Å²) in [7, 11) is 0. The summed E-state index contributed by atoms with van der Waals surface area (Å²) in [5.74, 6) is 1.22. The largest absolute Gasteiger partial charge is 0.460 e. The zero-order valence-electron chi connectivity index (χ0n) is 20.3. The Kier molecular flexibility index (Phi) is 7.48. The molecular weight excluding hydrogens is 450 g/mol. The number of ether oxygens (including phenoxy) is 3. The quantitative estimate of drug-likeness (QED) is 0.473. The van der Waals surface area contributed by atoms with Crippen molar-refractivity contribution in [1.82, 2.24) is 4.57 Å². The second kappa shape index (κ2) is 10.6.